The lowest BCUT2D eigenvalue weighted by Crippen LogP contribution is -2.45. The summed E-state index contributed by atoms with van der Waals surface area (Å²) >= 11 is 0. The molecule has 0 amide bonds. The first-order valence-electron chi connectivity index (χ1n) is 5.94. The van der Waals surface area contributed by atoms with Gasteiger partial charge in [-0.05, 0) is 12.1 Å². The smallest absolute Gasteiger partial charge is 0.361 e. The fourth-order valence-corrected chi connectivity index (χ4v) is 3.62. The molecule has 0 aromatic heterocycles. The van der Waals surface area contributed by atoms with E-state index in [0.717, 1.165) is 22.5 Å². The summed E-state index contributed by atoms with van der Waals surface area (Å²) in [6, 6.07) is 5.73. The first-order valence-corrected chi connectivity index (χ1v) is 7.38. The number of halogens is 3. The minimum absolute atomic E-state index is 0.0361. The summed E-state index contributed by atoms with van der Waals surface area (Å²) in [6.45, 7) is -0.413. The van der Waals surface area contributed by atoms with Crippen LogP contribution in [0.1, 0.15) is 5.56 Å². The molecule has 0 spiro atoms. The summed E-state index contributed by atoms with van der Waals surface area (Å²) in [5.41, 5.74) is -1.22. The van der Waals surface area contributed by atoms with E-state index in [2.05, 4.69) is 0 Å². The maximum Gasteiger partial charge on any atom is 0.417 e. The molecule has 1 aliphatic rings. The molecule has 0 radical (unpaired) electrons. The van der Waals surface area contributed by atoms with Crippen molar-refractivity contribution in [3.8, 4) is 6.07 Å². The van der Waals surface area contributed by atoms with E-state index in [9.17, 15) is 21.6 Å². The third-order valence-corrected chi connectivity index (χ3v) is 4.91. The van der Waals surface area contributed by atoms with E-state index in [0.29, 0.717) is 0 Å². The number of benzene rings is 1. The second-order valence-corrected chi connectivity index (χ2v) is 6.25. The van der Waals surface area contributed by atoms with Crippen LogP contribution in [0.2, 0.25) is 0 Å². The lowest BCUT2D eigenvalue weighted by molar-refractivity contribution is -0.139. The largest absolute Gasteiger partial charge is 0.417 e. The van der Waals surface area contributed by atoms with E-state index in [1.54, 1.807) is 6.07 Å². The molecule has 1 aliphatic heterocycles. The molecule has 1 atom stereocenters. The Kier molecular flexibility index (Phi) is 4.22. The van der Waals surface area contributed by atoms with Gasteiger partial charge >= 0.3 is 6.18 Å². The van der Waals surface area contributed by atoms with Crippen LogP contribution in [0.15, 0.2) is 29.2 Å². The van der Waals surface area contributed by atoms with Crippen molar-refractivity contribution in [2.45, 2.75) is 17.2 Å². The van der Waals surface area contributed by atoms with Crippen molar-refractivity contribution < 1.29 is 26.3 Å². The van der Waals surface area contributed by atoms with Gasteiger partial charge in [0.2, 0.25) is 10.0 Å². The summed E-state index contributed by atoms with van der Waals surface area (Å²) < 4.78 is 69.4. The number of hydrogen-bond acceptors (Lipinski definition) is 4. The van der Waals surface area contributed by atoms with Crippen LogP contribution in [-0.2, 0) is 20.9 Å². The molecule has 0 bridgehead atoms. The standard InChI is InChI=1S/C12H11F3N2O3S/c13-12(14,15)10-3-1-2-4-11(10)21(18,19)17-5-6-20-9(7-16)8-17/h1-4,9H,5-6,8H2. The first-order chi connectivity index (χ1) is 9.76. The summed E-state index contributed by atoms with van der Waals surface area (Å²) in [7, 11) is -4.34. The highest BCUT2D eigenvalue weighted by molar-refractivity contribution is 7.89. The zero-order chi connectivity index (χ0) is 15.7. The maximum absolute atomic E-state index is 12.9. The van der Waals surface area contributed by atoms with E-state index >= 15 is 0 Å². The van der Waals surface area contributed by atoms with Crippen molar-refractivity contribution in [2.24, 2.45) is 0 Å². The Morgan fingerprint density at radius 2 is 2.00 bits per heavy atom. The lowest BCUT2D eigenvalue weighted by Gasteiger charge is -2.29. The van der Waals surface area contributed by atoms with Crippen molar-refractivity contribution in [3.63, 3.8) is 0 Å². The average Bonchev–Trinajstić information content (AvgIpc) is 2.46. The Labute approximate surface area is 119 Å². The van der Waals surface area contributed by atoms with Gasteiger partial charge in [-0.15, -0.1) is 0 Å². The van der Waals surface area contributed by atoms with Gasteiger partial charge in [0, 0.05) is 6.54 Å². The Hall–Kier alpha value is -1.63. The minimum atomic E-state index is -4.77. The minimum Gasteiger partial charge on any atom is -0.361 e. The molecule has 0 aliphatic carbocycles. The van der Waals surface area contributed by atoms with E-state index < -0.39 is 32.8 Å². The second kappa shape index (κ2) is 5.63. The molecule has 1 aromatic rings. The van der Waals surface area contributed by atoms with Crippen LogP contribution in [0.5, 0.6) is 0 Å². The van der Waals surface area contributed by atoms with Crippen molar-refractivity contribution in [1.82, 2.24) is 4.31 Å². The topological polar surface area (TPSA) is 70.4 Å². The Morgan fingerprint density at radius 1 is 1.33 bits per heavy atom. The summed E-state index contributed by atoms with van der Waals surface area (Å²) in [5, 5.41) is 8.75. The number of alkyl halides is 3. The number of morpholine rings is 1. The van der Waals surface area contributed by atoms with Gasteiger partial charge in [0.15, 0.2) is 6.10 Å². The van der Waals surface area contributed by atoms with Crippen LogP contribution in [0.3, 0.4) is 0 Å². The van der Waals surface area contributed by atoms with Crippen molar-refractivity contribution in [3.05, 3.63) is 29.8 Å². The lowest BCUT2D eigenvalue weighted by atomic mass is 10.2. The first kappa shape index (κ1) is 15.8. The van der Waals surface area contributed by atoms with Gasteiger partial charge in [-0.1, -0.05) is 12.1 Å². The van der Waals surface area contributed by atoms with Gasteiger partial charge in [-0.25, -0.2) is 8.42 Å². The zero-order valence-electron chi connectivity index (χ0n) is 10.7. The molecule has 1 unspecified atom stereocenters. The SMILES string of the molecule is N#CC1CN(S(=O)(=O)c2ccccc2C(F)(F)F)CCO1. The fraction of sp³-hybridized carbons (Fsp3) is 0.417. The van der Waals surface area contributed by atoms with Gasteiger partial charge in [0.25, 0.3) is 0 Å². The molecular formula is C12H11F3N2O3S. The Balaban J connectivity index is 2.44. The highest BCUT2D eigenvalue weighted by Crippen LogP contribution is 2.35. The quantitative estimate of drug-likeness (QED) is 0.830. The number of rotatable bonds is 2. The normalized spacial score (nSPS) is 21.0. The molecule has 0 saturated carbocycles. The van der Waals surface area contributed by atoms with Gasteiger partial charge in [0.1, 0.15) is 0 Å². The fourth-order valence-electron chi connectivity index (χ4n) is 1.99. The molecular weight excluding hydrogens is 309 g/mol. The van der Waals surface area contributed by atoms with Gasteiger partial charge in [-0.2, -0.15) is 22.7 Å². The summed E-state index contributed by atoms with van der Waals surface area (Å²) in [5.74, 6) is 0. The van der Waals surface area contributed by atoms with Crippen molar-refractivity contribution >= 4 is 10.0 Å². The highest BCUT2D eigenvalue weighted by atomic mass is 32.2. The summed E-state index contributed by atoms with van der Waals surface area (Å²) in [4.78, 5) is -0.809. The number of hydrogen-bond donors (Lipinski definition) is 0. The molecule has 0 N–H and O–H groups in total. The molecule has 1 heterocycles. The number of nitrogens with zero attached hydrogens (tertiary/aromatic N) is 2. The number of nitriles is 1. The number of sulfonamides is 1. The maximum atomic E-state index is 12.9. The van der Waals surface area contributed by atoms with Crippen LogP contribution in [0, 0.1) is 11.3 Å². The highest BCUT2D eigenvalue weighted by Gasteiger charge is 2.40. The van der Waals surface area contributed by atoms with Crippen molar-refractivity contribution in [1.29, 1.82) is 5.26 Å². The molecule has 2 rings (SSSR count). The van der Waals surface area contributed by atoms with Crippen LogP contribution in [-0.4, -0.2) is 38.5 Å². The number of ether oxygens (including phenoxy) is 1. The average molecular weight is 320 g/mol. The van der Waals surface area contributed by atoms with E-state index in [-0.39, 0.29) is 19.7 Å². The Morgan fingerprint density at radius 3 is 2.62 bits per heavy atom. The molecule has 114 valence electrons. The van der Waals surface area contributed by atoms with Crippen LogP contribution < -0.4 is 0 Å². The van der Waals surface area contributed by atoms with Gasteiger partial charge < -0.3 is 4.74 Å². The molecule has 1 fully saturated rings. The molecule has 5 nitrogen and oxygen atoms in total. The third kappa shape index (κ3) is 3.18. The molecule has 21 heavy (non-hydrogen) atoms. The monoisotopic (exact) mass is 320 g/mol. The van der Waals surface area contributed by atoms with E-state index in [1.165, 1.54) is 6.07 Å². The summed E-state index contributed by atoms with van der Waals surface area (Å²) in [6.07, 6.45) is -5.75. The predicted molar refractivity (Wildman–Crippen MR) is 65.6 cm³/mol. The Bertz CT molecular complexity index is 667. The van der Waals surface area contributed by atoms with Gasteiger partial charge in [-0.3, -0.25) is 0 Å². The van der Waals surface area contributed by atoms with Crippen LogP contribution in [0.4, 0.5) is 13.2 Å². The zero-order valence-corrected chi connectivity index (χ0v) is 11.5. The molecule has 1 aromatic carbocycles. The van der Waals surface area contributed by atoms with E-state index in [4.69, 9.17) is 10.00 Å². The van der Waals surface area contributed by atoms with E-state index in [1.807, 2.05) is 0 Å². The van der Waals surface area contributed by atoms with Gasteiger partial charge in [0.05, 0.1) is 29.7 Å². The van der Waals surface area contributed by atoms with Crippen LogP contribution in [0.25, 0.3) is 0 Å². The third-order valence-electron chi connectivity index (χ3n) is 2.98. The van der Waals surface area contributed by atoms with Crippen molar-refractivity contribution in [2.75, 3.05) is 19.7 Å². The van der Waals surface area contributed by atoms with Crippen LogP contribution >= 0.6 is 0 Å². The molecule has 1 saturated heterocycles. The predicted octanol–water partition coefficient (Wildman–Crippen LogP) is 1.62. The molecule has 9 heteroatoms. The second-order valence-electron chi connectivity index (χ2n) is 4.35.